The Morgan fingerprint density at radius 1 is 1.16 bits per heavy atom. The minimum absolute atomic E-state index is 0.00487. The van der Waals surface area contributed by atoms with Gasteiger partial charge < -0.3 is 9.64 Å². The van der Waals surface area contributed by atoms with Crippen molar-refractivity contribution in [2.45, 2.75) is 71.0 Å². The van der Waals surface area contributed by atoms with Crippen LogP contribution in [0.2, 0.25) is 0 Å². The lowest BCUT2D eigenvalue weighted by Gasteiger charge is -2.40. The third kappa shape index (κ3) is 4.51. The molecule has 0 aliphatic carbocycles. The number of quaternary nitrogens is 1. The van der Waals surface area contributed by atoms with Gasteiger partial charge in [-0.3, -0.25) is 0 Å². The molecule has 2 heterocycles. The second-order valence-corrected chi connectivity index (χ2v) is 7.36. The molecule has 2 saturated heterocycles. The number of hydrogen-bond acceptors (Lipinski definition) is 1. The van der Waals surface area contributed by atoms with E-state index in [0.29, 0.717) is 0 Å². The zero-order valence-electron chi connectivity index (χ0n) is 13.1. The fourth-order valence-corrected chi connectivity index (χ4v) is 3.35. The number of nitrogens with one attached hydrogen (secondary N) is 1. The second kappa shape index (κ2) is 5.85. The first kappa shape index (κ1) is 14.9. The van der Waals surface area contributed by atoms with Gasteiger partial charge in [0.2, 0.25) is 0 Å². The van der Waals surface area contributed by atoms with Gasteiger partial charge in [0.25, 0.3) is 0 Å². The minimum atomic E-state index is -0.218. The highest BCUT2D eigenvalue weighted by molar-refractivity contribution is 5.14. The molecule has 108 valence electrons. The number of rotatable bonds is 1. The molecule has 1 atom stereocenters. The van der Waals surface area contributed by atoms with Crippen LogP contribution in [0, 0.1) is 17.8 Å². The second-order valence-electron chi connectivity index (χ2n) is 7.36. The molecule has 0 aromatic rings. The molecule has 2 aliphatic rings. The molecule has 0 aromatic carbocycles. The maximum atomic E-state index is 6.18. The van der Waals surface area contributed by atoms with Crippen LogP contribution in [0.1, 0.15) is 59.8 Å². The van der Waals surface area contributed by atoms with E-state index in [4.69, 9.17) is 4.74 Å². The summed E-state index contributed by atoms with van der Waals surface area (Å²) >= 11 is 0. The Balaban J connectivity index is 1.85. The average Bonchev–Trinajstić information content (AvgIpc) is 2.30. The van der Waals surface area contributed by atoms with Crippen LogP contribution in [-0.4, -0.2) is 30.8 Å². The quantitative estimate of drug-likeness (QED) is 0.716. The van der Waals surface area contributed by atoms with Crippen LogP contribution in [0.25, 0.3) is 0 Å². The van der Waals surface area contributed by atoms with Crippen molar-refractivity contribution in [2.75, 3.05) is 19.6 Å². The van der Waals surface area contributed by atoms with Gasteiger partial charge in [0.1, 0.15) is 12.1 Å². The third-order valence-corrected chi connectivity index (χ3v) is 4.61. The van der Waals surface area contributed by atoms with Crippen molar-refractivity contribution >= 4 is 0 Å². The van der Waals surface area contributed by atoms with E-state index >= 15 is 0 Å². The molecule has 2 heteroatoms. The van der Waals surface area contributed by atoms with Crippen molar-refractivity contribution in [3.8, 4) is 11.8 Å². The molecular weight excluding hydrogens is 234 g/mol. The van der Waals surface area contributed by atoms with Gasteiger partial charge in [0, 0.05) is 0 Å². The monoisotopic (exact) mass is 264 g/mol. The third-order valence-electron chi connectivity index (χ3n) is 4.61. The number of piperidine rings is 1. The van der Waals surface area contributed by atoms with Crippen LogP contribution >= 0.6 is 0 Å². The van der Waals surface area contributed by atoms with Gasteiger partial charge in [-0.1, -0.05) is 12.8 Å². The number of ether oxygens (including phenoxy) is 1. The molecule has 2 aliphatic heterocycles. The van der Waals surface area contributed by atoms with Gasteiger partial charge in [0.05, 0.1) is 18.7 Å². The fraction of sp³-hybridized carbons (Fsp3) is 0.882. The SMILES string of the molecule is CC1CC[NH+](CC#C[C@@]2(C)CCCC(C)(C)O2)CC1. The van der Waals surface area contributed by atoms with Crippen molar-refractivity contribution in [3.63, 3.8) is 0 Å². The van der Waals surface area contributed by atoms with Crippen LogP contribution in [0.4, 0.5) is 0 Å². The zero-order valence-corrected chi connectivity index (χ0v) is 13.1. The molecule has 2 rings (SSSR count). The lowest BCUT2D eigenvalue weighted by Crippen LogP contribution is -3.13. The summed E-state index contributed by atoms with van der Waals surface area (Å²) in [6.45, 7) is 12.5. The van der Waals surface area contributed by atoms with Crippen LogP contribution in [0.3, 0.4) is 0 Å². The maximum Gasteiger partial charge on any atom is 0.139 e. The van der Waals surface area contributed by atoms with Crippen molar-refractivity contribution in [2.24, 2.45) is 5.92 Å². The minimum Gasteiger partial charge on any atom is -0.357 e. The van der Waals surface area contributed by atoms with E-state index < -0.39 is 0 Å². The van der Waals surface area contributed by atoms with Gasteiger partial charge in [0.15, 0.2) is 0 Å². The standard InChI is InChI=1S/C17H29NO/c1-15-7-13-18(14-8-15)12-6-11-17(4)10-5-9-16(2,3)19-17/h15H,5,7-10,12-14H2,1-4H3/p+1/t17-/m1/s1. The molecule has 0 bridgehead atoms. The summed E-state index contributed by atoms with van der Waals surface area (Å²) in [7, 11) is 0. The van der Waals surface area contributed by atoms with E-state index in [1.54, 1.807) is 4.90 Å². The molecule has 0 spiro atoms. The molecule has 0 aromatic heterocycles. The lowest BCUT2D eigenvalue weighted by atomic mass is 9.88. The van der Waals surface area contributed by atoms with Crippen LogP contribution in [-0.2, 0) is 4.74 Å². The smallest absolute Gasteiger partial charge is 0.139 e. The van der Waals surface area contributed by atoms with Gasteiger partial charge in [-0.15, -0.1) is 0 Å². The predicted molar refractivity (Wildman–Crippen MR) is 79.2 cm³/mol. The van der Waals surface area contributed by atoms with Gasteiger partial charge in [-0.05, 0) is 64.7 Å². The zero-order chi connectivity index (χ0) is 13.9. The van der Waals surface area contributed by atoms with E-state index in [1.165, 1.54) is 32.4 Å². The lowest BCUT2D eigenvalue weighted by molar-refractivity contribution is -0.898. The van der Waals surface area contributed by atoms with E-state index in [9.17, 15) is 0 Å². The summed E-state index contributed by atoms with van der Waals surface area (Å²) in [5.41, 5.74) is -0.223. The Hall–Kier alpha value is -0.520. The molecule has 1 N–H and O–H groups in total. The normalized spacial score (nSPS) is 38.3. The van der Waals surface area contributed by atoms with E-state index in [1.807, 2.05) is 0 Å². The first-order valence-corrected chi connectivity index (χ1v) is 7.92. The molecule has 2 nitrogen and oxygen atoms in total. The topological polar surface area (TPSA) is 13.7 Å². The molecule has 0 radical (unpaired) electrons. The molecular formula is C17H30NO+. The highest BCUT2D eigenvalue weighted by Gasteiger charge is 2.35. The van der Waals surface area contributed by atoms with Gasteiger partial charge in [-0.2, -0.15) is 0 Å². The summed E-state index contributed by atoms with van der Waals surface area (Å²) in [6.07, 6.45) is 6.18. The Morgan fingerprint density at radius 2 is 1.84 bits per heavy atom. The number of likely N-dealkylation sites (tertiary alicyclic amines) is 1. The fourth-order valence-electron chi connectivity index (χ4n) is 3.35. The summed E-state index contributed by atoms with van der Waals surface area (Å²) in [6, 6.07) is 0. The first-order chi connectivity index (χ1) is 8.89. The Bertz CT molecular complexity index is 357. The summed E-state index contributed by atoms with van der Waals surface area (Å²) in [4.78, 5) is 1.66. The maximum absolute atomic E-state index is 6.18. The Labute approximate surface area is 118 Å². The van der Waals surface area contributed by atoms with Gasteiger partial charge >= 0.3 is 0 Å². The van der Waals surface area contributed by atoms with Crippen LogP contribution in [0.5, 0.6) is 0 Å². The summed E-state index contributed by atoms with van der Waals surface area (Å²) < 4.78 is 6.18. The average molecular weight is 264 g/mol. The molecule has 0 unspecified atom stereocenters. The van der Waals surface area contributed by atoms with E-state index in [2.05, 4.69) is 39.5 Å². The van der Waals surface area contributed by atoms with Crippen molar-refractivity contribution in [3.05, 3.63) is 0 Å². The molecule has 2 fully saturated rings. The summed E-state index contributed by atoms with van der Waals surface area (Å²) in [5, 5.41) is 0. The highest BCUT2D eigenvalue weighted by Crippen LogP contribution is 2.34. The Morgan fingerprint density at radius 3 is 2.47 bits per heavy atom. The number of hydrogen-bond donors (Lipinski definition) is 1. The van der Waals surface area contributed by atoms with Crippen molar-refractivity contribution < 1.29 is 9.64 Å². The molecule has 0 saturated carbocycles. The largest absolute Gasteiger partial charge is 0.357 e. The van der Waals surface area contributed by atoms with Crippen LogP contribution < -0.4 is 4.90 Å². The van der Waals surface area contributed by atoms with Crippen LogP contribution in [0.15, 0.2) is 0 Å². The first-order valence-electron chi connectivity index (χ1n) is 7.92. The van der Waals surface area contributed by atoms with Crippen molar-refractivity contribution in [1.29, 1.82) is 0 Å². The molecule has 19 heavy (non-hydrogen) atoms. The van der Waals surface area contributed by atoms with Gasteiger partial charge in [-0.25, -0.2) is 0 Å². The summed E-state index contributed by atoms with van der Waals surface area (Å²) in [5.74, 6) is 7.74. The molecule has 0 amide bonds. The Kier molecular flexibility index (Phi) is 4.58. The van der Waals surface area contributed by atoms with E-state index in [0.717, 1.165) is 25.3 Å². The highest BCUT2D eigenvalue weighted by atomic mass is 16.5. The van der Waals surface area contributed by atoms with E-state index in [-0.39, 0.29) is 11.2 Å². The predicted octanol–water partition coefficient (Wildman–Crippen LogP) is 2.04. The van der Waals surface area contributed by atoms with Crippen molar-refractivity contribution in [1.82, 2.24) is 0 Å².